The standard InChI is InChI=1S/C24H22ClN5OS/c25-20-4-1-3-18(15-20)22-7-6-21(32-22)17-28-11-13-29(14-12-28)24(31)19-5-8-23(26-16-19)30-10-2-9-27-30/h1-10,15-16H,11-14,17H2. The zero-order valence-corrected chi connectivity index (χ0v) is 19.0. The van der Waals surface area contributed by atoms with E-state index in [0.717, 1.165) is 30.2 Å². The van der Waals surface area contributed by atoms with Crippen molar-refractivity contribution in [1.29, 1.82) is 0 Å². The highest BCUT2D eigenvalue weighted by Gasteiger charge is 2.23. The van der Waals surface area contributed by atoms with Crippen LogP contribution in [0.4, 0.5) is 0 Å². The highest BCUT2D eigenvalue weighted by molar-refractivity contribution is 7.15. The van der Waals surface area contributed by atoms with Gasteiger partial charge in [-0.1, -0.05) is 23.7 Å². The van der Waals surface area contributed by atoms with Crippen molar-refractivity contribution in [2.75, 3.05) is 26.2 Å². The van der Waals surface area contributed by atoms with E-state index in [1.165, 1.54) is 9.75 Å². The third-order valence-electron chi connectivity index (χ3n) is 5.54. The molecule has 8 heteroatoms. The molecule has 6 nitrogen and oxygen atoms in total. The molecule has 3 aromatic heterocycles. The second-order valence-corrected chi connectivity index (χ2v) is 9.31. The van der Waals surface area contributed by atoms with Crippen molar-refractivity contribution in [2.24, 2.45) is 0 Å². The number of hydrogen-bond acceptors (Lipinski definition) is 5. The van der Waals surface area contributed by atoms with Gasteiger partial charge in [0.15, 0.2) is 5.82 Å². The molecule has 0 N–H and O–H groups in total. The van der Waals surface area contributed by atoms with E-state index in [1.807, 2.05) is 47.5 Å². The summed E-state index contributed by atoms with van der Waals surface area (Å²) in [4.78, 5) is 24.1. The van der Waals surface area contributed by atoms with Crippen LogP contribution in [0.25, 0.3) is 16.3 Å². The van der Waals surface area contributed by atoms with Crippen molar-refractivity contribution in [3.63, 3.8) is 0 Å². The topological polar surface area (TPSA) is 54.3 Å². The Kier molecular flexibility index (Phi) is 6.03. The van der Waals surface area contributed by atoms with E-state index in [2.05, 4.69) is 33.2 Å². The Hall–Kier alpha value is -3.00. The van der Waals surface area contributed by atoms with Gasteiger partial charge in [0.25, 0.3) is 5.91 Å². The number of rotatable bonds is 5. The summed E-state index contributed by atoms with van der Waals surface area (Å²) in [6, 6.07) is 17.8. The molecular formula is C24H22ClN5OS. The maximum atomic E-state index is 12.9. The zero-order valence-electron chi connectivity index (χ0n) is 17.4. The molecule has 1 aromatic carbocycles. The Balaban J connectivity index is 1.16. The molecule has 0 saturated carbocycles. The van der Waals surface area contributed by atoms with Crippen LogP contribution >= 0.6 is 22.9 Å². The number of hydrogen-bond donors (Lipinski definition) is 0. The number of carbonyl (C=O) groups is 1. The molecule has 0 bridgehead atoms. The molecule has 0 unspecified atom stereocenters. The summed E-state index contributed by atoms with van der Waals surface area (Å²) in [6.45, 7) is 4.04. The predicted octanol–water partition coefficient (Wildman–Crippen LogP) is 4.61. The van der Waals surface area contributed by atoms with E-state index in [0.29, 0.717) is 24.5 Å². The summed E-state index contributed by atoms with van der Waals surface area (Å²) in [5.74, 6) is 0.730. The first-order chi connectivity index (χ1) is 15.7. The number of pyridine rings is 1. The lowest BCUT2D eigenvalue weighted by Crippen LogP contribution is -2.48. The van der Waals surface area contributed by atoms with Crippen molar-refractivity contribution in [1.82, 2.24) is 24.6 Å². The summed E-state index contributed by atoms with van der Waals surface area (Å²) in [7, 11) is 0. The van der Waals surface area contributed by atoms with E-state index in [-0.39, 0.29) is 5.91 Å². The number of benzene rings is 1. The fraction of sp³-hybridized carbons (Fsp3) is 0.208. The number of nitrogens with zero attached hydrogens (tertiary/aromatic N) is 5. The van der Waals surface area contributed by atoms with Crippen LogP contribution in [0.1, 0.15) is 15.2 Å². The Morgan fingerprint density at radius 1 is 1.03 bits per heavy atom. The van der Waals surface area contributed by atoms with Crippen molar-refractivity contribution in [3.05, 3.63) is 88.7 Å². The van der Waals surface area contributed by atoms with E-state index in [1.54, 1.807) is 28.4 Å². The molecule has 0 aliphatic carbocycles. The molecule has 1 aliphatic heterocycles. The number of halogens is 1. The molecule has 32 heavy (non-hydrogen) atoms. The zero-order chi connectivity index (χ0) is 21.9. The molecule has 4 aromatic rings. The van der Waals surface area contributed by atoms with Crippen LogP contribution in [0.5, 0.6) is 0 Å². The van der Waals surface area contributed by atoms with Crippen molar-refractivity contribution in [3.8, 4) is 16.3 Å². The van der Waals surface area contributed by atoms with Crippen LogP contribution in [-0.4, -0.2) is 56.7 Å². The lowest BCUT2D eigenvalue weighted by Gasteiger charge is -2.34. The van der Waals surface area contributed by atoms with Crippen LogP contribution < -0.4 is 0 Å². The quantitative estimate of drug-likeness (QED) is 0.434. The molecule has 4 heterocycles. The molecule has 1 amide bonds. The van der Waals surface area contributed by atoms with Gasteiger partial charge in [0.2, 0.25) is 0 Å². The minimum atomic E-state index is 0.0310. The third kappa shape index (κ3) is 4.60. The van der Waals surface area contributed by atoms with E-state index < -0.39 is 0 Å². The Morgan fingerprint density at radius 2 is 1.91 bits per heavy atom. The van der Waals surface area contributed by atoms with Gasteiger partial charge < -0.3 is 4.90 Å². The maximum Gasteiger partial charge on any atom is 0.255 e. The molecule has 162 valence electrons. The molecule has 1 aliphatic rings. The summed E-state index contributed by atoms with van der Waals surface area (Å²) < 4.78 is 1.68. The van der Waals surface area contributed by atoms with Crippen molar-refractivity contribution < 1.29 is 4.79 Å². The Labute approximate surface area is 195 Å². The molecule has 0 spiro atoms. The molecule has 0 radical (unpaired) electrons. The van der Waals surface area contributed by atoms with Gasteiger partial charge >= 0.3 is 0 Å². The van der Waals surface area contributed by atoms with E-state index >= 15 is 0 Å². The Morgan fingerprint density at radius 3 is 2.62 bits per heavy atom. The fourth-order valence-corrected chi connectivity index (χ4v) is 5.06. The number of carbonyl (C=O) groups excluding carboxylic acids is 1. The lowest BCUT2D eigenvalue weighted by molar-refractivity contribution is 0.0629. The first kappa shape index (κ1) is 20.9. The number of aromatic nitrogens is 3. The van der Waals surface area contributed by atoms with Crippen LogP contribution in [0.15, 0.2) is 73.2 Å². The molecule has 0 atom stereocenters. The van der Waals surface area contributed by atoms with Crippen molar-refractivity contribution >= 4 is 28.8 Å². The Bertz CT molecular complexity index is 1200. The monoisotopic (exact) mass is 463 g/mol. The largest absolute Gasteiger partial charge is 0.336 e. The molecule has 1 fully saturated rings. The molecule has 1 saturated heterocycles. The van der Waals surface area contributed by atoms with Gasteiger partial charge in [0.1, 0.15) is 0 Å². The number of amides is 1. The van der Waals surface area contributed by atoms with Gasteiger partial charge in [-0.2, -0.15) is 5.10 Å². The van der Waals surface area contributed by atoms with Gasteiger partial charge in [0, 0.05) is 66.1 Å². The fourth-order valence-electron chi connectivity index (χ4n) is 3.82. The summed E-state index contributed by atoms with van der Waals surface area (Å²) in [6.07, 6.45) is 5.16. The van der Waals surface area contributed by atoms with Crippen LogP contribution in [-0.2, 0) is 6.54 Å². The van der Waals surface area contributed by atoms with Gasteiger partial charge in [-0.15, -0.1) is 11.3 Å². The van der Waals surface area contributed by atoms with Gasteiger partial charge in [0.05, 0.1) is 5.56 Å². The lowest BCUT2D eigenvalue weighted by atomic mass is 10.2. The smallest absolute Gasteiger partial charge is 0.255 e. The van der Waals surface area contributed by atoms with Gasteiger partial charge in [-0.25, -0.2) is 9.67 Å². The minimum Gasteiger partial charge on any atom is -0.336 e. The van der Waals surface area contributed by atoms with Crippen LogP contribution in [0.3, 0.4) is 0 Å². The minimum absolute atomic E-state index is 0.0310. The SMILES string of the molecule is O=C(c1ccc(-n2cccn2)nc1)N1CCN(Cc2ccc(-c3cccc(Cl)c3)s2)CC1. The average molecular weight is 464 g/mol. The average Bonchev–Trinajstić information content (AvgIpc) is 3.52. The first-order valence-electron chi connectivity index (χ1n) is 10.5. The van der Waals surface area contributed by atoms with Crippen LogP contribution in [0.2, 0.25) is 5.02 Å². The third-order valence-corrected chi connectivity index (χ3v) is 6.90. The molecule has 5 rings (SSSR count). The highest BCUT2D eigenvalue weighted by atomic mass is 35.5. The summed E-state index contributed by atoms with van der Waals surface area (Å²) in [5.41, 5.74) is 1.76. The normalized spacial score (nSPS) is 14.6. The van der Waals surface area contributed by atoms with Crippen LogP contribution in [0, 0.1) is 0 Å². The predicted molar refractivity (Wildman–Crippen MR) is 127 cm³/mol. The maximum absolute atomic E-state index is 12.9. The van der Waals surface area contributed by atoms with Gasteiger partial charge in [-0.05, 0) is 48.0 Å². The highest BCUT2D eigenvalue weighted by Crippen LogP contribution is 2.30. The summed E-state index contributed by atoms with van der Waals surface area (Å²) in [5, 5.41) is 4.92. The van der Waals surface area contributed by atoms with E-state index in [9.17, 15) is 4.79 Å². The number of thiophene rings is 1. The second-order valence-electron chi connectivity index (χ2n) is 7.70. The molecular weight excluding hydrogens is 442 g/mol. The summed E-state index contributed by atoms with van der Waals surface area (Å²) >= 11 is 7.92. The van der Waals surface area contributed by atoms with Crippen molar-refractivity contribution in [2.45, 2.75) is 6.54 Å². The van der Waals surface area contributed by atoms with E-state index in [4.69, 9.17) is 11.6 Å². The second kappa shape index (κ2) is 9.24. The first-order valence-corrected chi connectivity index (χ1v) is 11.7. The van der Waals surface area contributed by atoms with Gasteiger partial charge in [-0.3, -0.25) is 9.69 Å². The number of piperazine rings is 1.